The van der Waals surface area contributed by atoms with Gasteiger partial charge >= 0.3 is 0 Å². The van der Waals surface area contributed by atoms with Gasteiger partial charge in [-0.05, 0) is 30.7 Å². The number of nitrogens with zero attached hydrogens (tertiary/aromatic N) is 2. The Labute approximate surface area is 201 Å². The van der Waals surface area contributed by atoms with E-state index in [1.165, 1.54) is 6.42 Å². The van der Waals surface area contributed by atoms with Crippen LogP contribution in [-0.2, 0) is 17.6 Å². The van der Waals surface area contributed by atoms with Gasteiger partial charge in [-0.25, -0.2) is 0 Å². The summed E-state index contributed by atoms with van der Waals surface area (Å²) < 4.78 is 5.37. The van der Waals surface area contributed by atoms with Crippen LogP contribution in [0.1, 0.15) is 98.0 Å². The van der Waals surface area contributed by atoms with E-state index in [1.807, 2.05) is 18.2 Å². The predicted molar refractivity (Wildman–Crippen MR) is 132 cm³/mol. The number of hydrogen-bond acceptors (Lipinski definition) is 6. The number of aryl methyl sites for hydroxylation is 2. The third-order valence-corrected chi connectivity index (χ3v) is 6.83. The van der Waals surface area contributed by atoms with Gasteiger partial charge in [-0.15, -0.1) is 0 Å². The molecule has 180 valence electrons. The van der Waals surface area contributed by atoms with Gasteiger partial charge in [0.05, 0.1) is 16.8 Å². The van der Waals surface area contributed by atoms with Crippen LogP contribution in [-0.4, -0.2) is 34.1 Å². The lowest BCUT2D eigenvalue weighted by Crippen LogP contribution is -2.27. The number of carbonyl (C=O) groups excluding carboxylic acids is 2. The molecule has 0 radical (unpaired) electrons. The molecule has 4 rings (SSSR count). The maximum atomic E-state index is 13.2. The lowest BCUT2D eigenvalue weighted by atomic mass is 9.78. The second kappa shape index (κ2) is 11.4. The number of ketones is 2. The third-order valence-electron chi connectivity index (χ3n) is 6.83. The van der Waals surface area contributed by atoms with Gasteiger partial charge in [-0.2, -0.15) is 0 Å². The lowest BCUT2D eigenvalue weighted by molar-refractivity contribution is -0.116. The van der Waals surface area contributed by atoms with Crippen LogP contribution in [0.25, 0.3) is 0 Å². The zero-order valence-electron chi connectivity index (χ0n) is 20.0. The molecule has 0 amide bonds. The van der Waals surface area contributed by atoms with Gasteiger partial charge in [-0.3, -0.25) is 14.6 Å². The van der Waals surface area contributed by atoms with Crippen molar-refractivity contribution in [2.24, 2.45) is 4.99 Å². The maximum Gasteiger partial charge on any atom is 0.168 e. The van der Waals surface area contributed by atoms with Crippen LogP contribution in [0.15, 0.2) is 51.2 Å². The summed E-state index contributed by atoms with van der Waals surface area (Å²) in [6, 6.07) is 10.1. The van der Waals surface area contributed by atoms with Gasteiger partial charge < -0.3 is 9.63 Å². The summed E-state index contributed by atoms with van der Waals surface area (Å²) in [7, 11) is 0. The molecular formula is C28H34N2O4. The second-order valence-electron chi connectivity index (χ2n) is 9.35. The largest absolute Gasteiger partial charge is 0.511 e. The van der Waals surface area contributed by atoms with Crippen molar-refractivity contribution >= 4 is 17.3 Å². The van der Waals surface area contributed by atoms with Crippen molar-refractivity contribution < 1.29 is 19.2 Å². The molecule has 1 unspecified atom stereocenters. The van der Waals surface area contributed by atoms with E-state index in [0.29, 0.717) is 60.5 Å². The number of benzene rings is 1. The van der Waals surface area contributed by atoms with Gasteiger partial charge in [0.2, 0.25) is 0 Å². The first-order chi connectivity index (χ1) is 16.6. The number of aliphatic hydroxyl groups excluding tert-OH is 1. The van der Waals surface area contributed by atoms with Crippen LogP contribution >= 0.6 is 0 Å². The minimum absolute atomic E-state index is 0.0452. The number of aliphatic hydroxyl groups is 1. The molecule has 1 N–H and O–H groups in total. The smallest absolute Gasteiger partial charge is 0.168 e. The predicted octanol–water partition coefficient (Wildman–Crippen LogP) is 6.11. The van der Waals surface area contributed by atoms with Crippen LogP contribution < -0.4 is 0 Å². The molecule has 34 heavy (non-hydrogen) atoms. The van der Waals surface area contributed by atoms with Crippen LogP contribution in [0.4, 0.5) is 0 Å². The minimum Gasteiger partial charge on any atom is -0.511 e. The highest BCUT2D eigenvalue weighted by Gasteiger charge is 2.33. The fourth-order valence-electron chi connectivity index (χ4n) is 5.00. The molecule has 0 spiro atoms. The number of fused-ring (bicyclic) bond motifs is 1. The summed E-state index contributed by atoms with van der Waals surface area (Å²) in [5, 5.41) is 15.1. The molecule has 1 aromatic carbocycles. The van der Waals surface area contributed by atoms with Crippen molar-refractivity contribution in [3.63, 3.8) is 0 Å². The Morgan fingerprint density at radius 3 is 2.71 bits per heavy atom. The molecule has 0 aliphatic heterocycles. The Kier molecular flexibility index (Phi) is 8.09. The van der Waals surface area contributed by atoms with E-state index < -0.39 is 0 Å². The topological polar surface area (TPSA) is 92.8 Å². The highest BCUT2D eigenvalue weighted by Crippen LogP contribution is 2.34. The fourth-order valence-corrected chi connectivity index (χ4v) is 5.00. The minimum atomic E-state index is -0.0665. The summed E-state index contributed by atoms with van der Waals surface area (Å²) in [5.74, 6) is 0.748. The highest BCUT2D eigenvalue weighted by atomic mass is 16.5. The van der Waals surface area contributed by atoms with Crippen LogP contribution in [0.3, 0.4) is 0 Å². The number of carbonyl (C=O) groups is 2. The van der Waals surface area contributed by atoms with Crippen molar-refractivity contribution in [2.45, 2.75) is 83.5 Å². The Hall–Kier alpha value is -3.02. The Morgan fingerprint density at radius 1 is 1.09 bits per heavy atom. The average molecular weight is 463 g/mol. The van der Waals surface area contributed by atoms with Gasteiger partial charge in [0.15, 0.2) is 11.6 Å². The Morgan fingerprint density at radius 2 is 1.91 bits per heavy atom. The van der Waals surface area contributed by atoms with Crippen molar-refractivity contribution in [3.8, 4) is 0 Å². The number of rotatable bonds is 9. The number of unbranched alkanes of at least 4 members (excludes halogenated alkanes) is 3. The molecule has 6 heteroatoms. The second-order valence-corrected chi connectivity index (χ2v) is 9.35. The maximum absolute atomic E-state index is 13.2. The Balaban J connectivity index is 1.54. The summed E-state index contributed by atoms with van der Waals surface area (Å²) >= 11 is 0. The van der Waals surface area contributed by atoms with E-state index in [1.54, 1.807) is 0 Å². The van der Waals surface area contributed by atoms with E-state index >= 15 is 0 Å². The molecule has 2 aromatic rings. The van der Waals surface area contributed by atoms with Gasteiger partial charge in [0, 0.05) is 44.4 Å². The number of allylic oxidation sites excluding steroid dienone is 2. The first-order valence-corrected chi connectivity index (χ1v) is 12.6. The molecule has 6 nitrogen and oxygen atoms in total. The van der Waals surface area contributed by atoms with E-state index in [4.69, 9.17) is 9.52 Å². The number of hydrogen-bond donors (Lipinski definition) is 1. The molecule has 1 saturated carbocycles. The first-order valence-electron chi connectivity index (χ1n) is 12.6. The fraction of sp³-hybridized carbons (Fsp3) is 0.500. The lowest BCUT2D eigenvalue weighted by Gasteiger charge is -2.26. The summed E-state index contributed by atoms with van der Waals surface area (Å²) in [6.45, 7) is 2.83. The van der Waals surface area contributed by atoms with E-state index in [2.05, 4.69) is 24.2 Å². The van der Waals surface area contributed by atoms with Crippen molar-refractivity contribution in [1.82, 2.24) is 5.16 Å². The van der Waals surface area contributed by atoms with Crippen molar-refractivity contribution in [2.75, 3.05) is 6.54 Å². The molecule has 0 saturated heterocycles. The van der Waals surface area contributed by atoms with Gasteiger partial charge in [-0.1, -0.05) is 61.7 Å². The first kappa shape index (κ1) is 24.1. The number of aliphatic imine (C=N–C) groups is 1. The molecule has 1 aromatic heterocycles. The molecular weight excluding hydrogens is 428 g/mol. The normalized spacial score (nSPS) is 21.1. The number of Topliss-reactive ketones (excluding diaryl/α,β-unsaturated/α-hetero) is 2. The standard InChI is InChI=1S/C28H34N2O4/c1-2-3-4-8-16-29-22-17-20(19-10-6-5-7-11-19)18-25(33)27(22)24(32)15-14-21-28-23(31)12-9-13-26(28)34-30-21/h5-7,10-11,20,32H,2-4,8-9,12-18H2,1H3/b27-24-,29-22?. The highest BCUT2D eigenvalue weighted by molar-refractivity contribution is 6.24. The van der Waals surface area contributed by atoms with Gasteiger partial charge in [0.1, 0.15) is 11.5 Å². The third kappa shape index (κ3) is 5.54. The van der Waals surface area contributed by atoms with E-state index in [0.717, 1.165) is 37.7 Å². The van der Waals surface area contributed by atoms with Crippen molar-refractivity contribution in [3.05, 3.63) is 64.2 Å². The molecule has 1 fully saturated rings. The zero-order chi connectivity index (χ0) is 23.9. The number of aromatic nitrogens is 1. The quantitative estimate of drug-likeness (QED) is 0.276. The van der Waals surface area contributed by atoms with Gasteiger partial charge in [0.25, 0.3) is 0 Å². The van der Waals surface area contributed by atoms with Crippen molar-refractivity contribution in [1.29, 1.82) is 0 Å². The van der Waals surface area contributed by atoms with E-state index in [9.17, 15) is 14.7 Å². The monoisotopic (exact) mass is 462 g/mol. The molecule has 1 atom stereocenters. The molecule has 2 aliphatic rings. The summed E-state index contributed by atoms with van der Waals surface area (Å²) in [5.41, 5.74) is 3.35. The van der Waals surface area contributed by atoms with Crippen LogP contribution in [0.5, 0.6) is 0 Å². The summed E-state index contributed by atoms with van der Waals surface area (Å²) in [6.07, 6.45) is 8.01. The molecule has 0 bridgehead atoms. The zero-order valence-corrected chi connectivity index (χ0v) is 20.0. The van der Waals surface area contributed by atoms with Crippen LogP contribution in [0.2, 0.25) is 0 Å². The van der Waals surface area contributed by atoms with Crippen LogP contribution in [0, 0.1) is 0 Å². The summed E-state index contributed by atoms with van der Waals surface area (Å²) in [4.78, 5) is 30.4. The average Bonchev–Trinajstić information content (AvgIpc) is 3.27. The molecule has 2 aliphatic carbocycles. The van der Waals surface area contributed by atoms with E-state index in [-0.39, 0.29) is 29.7 Å². The Bertz CT molecular complexity index is 1080. The SMILES string of the molecule is CCCCCCN=C1CC(c2ccccc2)CC(=O)/C1=C(\O)CCc1noc2c1C(=O)CCC2. The molecule has 1 heterocycles.